The van der Waals surface area contributed by atoms with Crippen molar-refractivity contribution < 1.29 is 22.7 Å². The number of hydrogen-bond acceptors (Lipinski definition) is 5. The van der Waals surface area contributed by atoms with Crippen LogP contribution in [0.2, 0.25) is 0 Å². The van der Waals surface area contributed by atoms with Gasteiger partial charge in [-0.05, 0) is 18.1 Å². The van der Waals surface area contributed by atoms with Gasteiger partial charge in [0.15, 0.2) is 5.13 Å². The second-order valence-corrected chi connectivity index (χ2v) is 5.99. The van der Waals surface area contributed by atoms with Crippen LogP contribution in [0, 0.1) is 5.92 Å². The molecule has 2 aromatic rings. The van der Waals surface area contributed by atoms with Gasteiger partial charge in [-0.2, -0.15) is 0 Å². The van der Waals surface area contributed by atoms with Crippen LogP contribution in [0.4, 0.5) is 18.3 Å². The minimum absolute atomic E-state index is 0. The molecule has 3 N–H and O–H groups in total. The molecular formula is C13H15ClF3N3O2S. The topological polar surface area (TPSA) is 77.2 Å². The first-order valence-corrected chi connectivity index (χ1v) is 7.20. The number of nitrogens with two attached hydrogens (primary N) is 1. The number of rotatable bonds is 4. The number of alkyl halides is 3. The maximum atomic E-state index is 12.2. The molecule has 1 atom stereocenters. The molecule has 10 heteroatoms. The van der Waals surface area contributed by atoms with Crippen molar-refractivity contribution in [2.45, 2.75) is 26.3 Å². The van der Waals surface area contributed by atoms with Gasteiger partial charge in [0.2, 0.25) is 5.91 Å². The number of carbonyl (C=O) groups is 1. The lowest BCUT2D eigenvalue weighted by molar-refractivity contribution is -0.274. The molecule has 0 bridgehead atoms. The summed E-state index contributed by atoms with van der Waals surface area (Å²) in [5.41, 5.74) is 6.18. The van der Waals surface area contributed by atoms with E-state index in [1.165, 1.54) is 18.2 Å². The van der Waals surface area contributed by atoms with Gasteiger partial charge in [0, 0.05) is 6.07 Å². The van der Waals surface area contributed by atoms with Gasteiger partial charge >= 0.3 is 6.36 Å². The molecule has 0 saturated carbocycles. The van der Waals surface area contributed by atoms with Crippen LogP contribution in [0.15, 0.2) is 18.2 Å². The monoisotopic (exact) mass is 369 g/mol. The van der Waals surface area contributed by atoms with Gasteiger partial charge in [-0.3, -0.25) is 4.79 Å². The molecule has 0 fully saturated rings. The molecular weight excluding hydrogens is 355 g/mol. The van der Waals surface area contributed by atoms with Crippen molar-refractivity contribution in [3.8, 4) is 5.75 Å². The first-order valence-electron chi connectivity index (χ1n) is 6.38. The minimum Gasteiger partial charge on any atom is -0.406 e. The van der Waals surface area contributed by atoms with Crippen molar-refractivity contribution in [3.05, 3.63) is 18.2 Å². The Morgan fingerprint density at radius 3 is 2.61 bits per heavy atom. The summed E-state index contributed by atoms with van der Waals surface area (Å²) in [6.07, 6.45) is -4.75. The average Bonchev–Trinajstić information content (AvgIpc) is 2.77. The van der Waals surface area contributed by atoms with E-state index >= 15 is 0 Å². The maximum absolute atomic E-state index is 12.2. The van der Waals surface area contributed by atoms with Crippen molar-refractivity contribution in [2.75, 3.05) is 5.32 Å². The van der Waals surface area contributed by atoms with Gasteiger partial charge in [0.1, 0.15) is 5.75 Å². The number of amides is 1. The van der Waals surface area contributed by atoms with E-state index in [1.54, 1.807) is 0 Å². The number of nitrogens with zero attached hydrogens (tertiary/aromatic N) is 1. The third-order valence-corrected chi connectivity index (χ3v) is 3.78. The van der Waals surface area contributed by atoms with Crippen molar-refractivity contribution in [1.29, 1.82) is 0 Å². The van der Waals surface area contributed by atoms with Crippen LogP contribution < -0.4 is 15.8 Å². The Bertz CT molecular complexity index is 691. The van der Waals surface area contributed by atoms with Gasteiger partial charge < -0.3 is 15.8 Å². The Morgan fingerprint density at radius 1 is 1.39 bits per heavy atom. The largest absolute Gasteiger partial charge is 0.573 e. The maximum Gasteiger partial charge on any atom is 0.573 e. The smallest absolute Gasteiger partial charge is 0.406 e. The molecule has 0 spiro atoms. The number of ether oxygens (including phenoxy) is 1. The zero-order valence-electron chi connectivity index (χ0n) is 12.2. The summed E-state index contributed by atoms with van der Waals surface area (Å²) in [5, 5.41) is 2.84. The molecule has 0 aliphatic heterocycles. The van der Waals surface area contributed by atoms with Crippen LogP contribution in [0.3, 0.4) is 0 Å². The molecule has 0 radical (unpaired) electrons. The zero-order valence-corrected chi connectivity index (χ0v) is 13.8. The van der Waals surface area contributed by atoms with Crippen molar-refractivity contribution >= 4 is 45.0 Å². The summed E-state index contributed by atoms with van der Waals surface area (Å²) in [7, 11) is 0. The highest BCUT2D eigenvalue weighted by Gasteiger charge is 2.31. The summed E-state index contributed by atoms with van der Waals surface area (Å²) in [6.45, 7) is 3.62. The molecule has 1 amide bonds. The molecule has 1 aromatic heterocycles. The van der Waals surface area contributed by atoms with Gasteiger partial charge in [-0.25, -0.2) is 4.98 Å². The van der Waals surface area contributed by atoms with E-state index < -0.39 is 12.4 Å². The van der Waals surface area contributed by atoms with Gasteiger partial charge in [0.05, 0.1) is 16.3 Å². The number of fused-ring (bicyclic) bond motifs is 1. The first kappa shape index (κ1) is 19.5. The molecule has 0 aliphatic rings. The number of aromatic nitrogens is 1. The molecule has 2 rings (SSSR count). The van der Waals surface area contributed by atoms with E-state index in [9.17, 15) is 18.0 Å². The summed E-state index contributed by atoms with van der Waals surface area (Å²) >= 11 is 1.05. The minimum atomic E-state index is -4.75. The highest BCUT2D eigenvalue weighted by Crippen LogP contribution is 2.31. The second kappa shape index (κ2) is 7.33. The van der Waals surface area contributed by atoms with Crippen LogP contribution in [0.25, 0.3) is 10.2 Å². The van der Waals surface area contributed by atoms with Crippen LogP contribution in [0.1, 0.15) is 13.8 Å². The Hall–Kier alpha value is -1.58. The number of thiazole rings is 1. The summed E-state index contributed by atoms with van der Waals surface area (Å²) in [5.74, 6) is -0.762. The quantitative estimate of drug-likeness (QED) is 0.864. The number of hydrogen-bond donors (Lipinski definition) is 2. The molecule has 1 heterocycles. The van der Waals surface area contributed by atoms with E-state index in [0.717, 1.165) is 11.3 Å². The van der Waals surface area contributed by atoms with Crippen molar-refractivity contribution in [2.24, 2.45) is 11.7 Å². The third-order valence-electron chi connectivity index (χ3n) is 2.84. The average molecular weight is 370 g/mol. The summed E-state index contributed by atoms with van der Waals surface area (Å²) in [4.78, 5) is 16.0. The predicted octanol–water partition coefficient (Wildman–Crippen LogP) is 3.54. The van der Waals surface area contributed by atoms with Crippen LogP contribution in [-0.2, 0) is 4.79 Å². The van der Waals surface area contributed by atoms with Crippen LogP contribution in [-0.4, -0.2) is 23.3 Å². The molecule has 0 aliphatic carbocycles. The molecule has 1 aromatic carbocycles. The first-order chi connectivity index (χ1) is 10.2. The lowest BCUT2D eigenvalue weighted by Gasteiger charge is -2.13. The fourth-order valence-corrected chi connectivity index (χ4v) is 2.54. The zero-order chi connectivity index (χ0) is 16.5. The number of carbonyl (C=O) groups excluding carboxylic acids is 1. The van der Waals surface area contributed by atoms with E-state index in [4.69, 9.17) is 5.73 Å². The Kier molecular flexibility index (Phi) is 6.20. The number of halogens is 4. The third kappa shape index (κ3) is 5.22. The van der Waals surface area contributed by atoms with Gasteiger partial charge in [0.25, 0.3) is 0 Å². The van der Waals surface area contributed by atoms with Crippen LogP contribution >= 0.6 is 23.7 Å². The predicted molar refractivity (Wildman–Crippen MR) is 85.0 cm³/mol. The molecule has 5 nitrogen and oxygen atoms in total. The number of anilines is 1. The summed E-state index contributed by atoms with van der Waals surface area (Å²) < 4.78 is 40.8. The second-order valence-electron chi connectivity index (χ2n) is 4.96. The van der Waals surface area contributed by atoms with Crippen molar-refractivity contribution in [3.63, 3.8) is 0 Å². The normalized spacial score (nSPS) is 12.8. The molecule has 0 saturated heterocycles. The van der Waals surface area contributed by atoms with E-state index in [1.807, 2.05) is 13.8 Å². The fraction of sp³-hybridized carbons (Fsp3) is 0.385. The standard InChI is InChI=1S/C13H14F3N3O2S.ClH/c1-6(2)10(17)11(20)19-12-18-8-4-3-7(5-9(8)22-12)21-13(14,15)16;/h3-6,10H,17H2,1-2H3,(H,18,19,20);1H. The van der Waals surface area contributed by atoms with E-state index in [-0.39, 0.29) is 35.1 Å². The lowest BCUT2D eigenvalue weighted by Crippen LogP contribution is -2.39. The number of benzene rings is 1. The SMILES string of the molecule is CC(C)C(N)C(=O)Nc1nc2ccc(OC(F)(F)F)cc2s1.Cl. The highest BCUT2D eigenvalue weighted by molar-refractivity contribution is 7.22. The van der Waals surface area contributed by atoms with Gasteiger partial charge in [-0.15, -0.1) is 25.6 Å². The molecule has 128 valence electrons. The number of nitrogens with one attached hydrogen (secondary N) is 1. The van der Waals surface area contributed by atoms with E-state index in [0.29, 0.717) is 10.2 Å². The molecule has 1 unspecified atom stereocenters. The highest BCUT2D eigenvalue weighted by atomic mass is 35.5. The van der Waals surface area contributed by atoms with Crippen LogP contribution in [0.5, 0.6) is 5.75 Å². The summed E-state index contributed by atoms with van der Waals surface area (Å²) in [6, 6.07) is 3.10. The van der Waals surface area contributed by atoms with Gasteiger partial charge in [-0.1, -0.05) is 25.2 Å². The Morgan fingerprint density at radius 2 is 2.04 bits per heavy atom. The Labute approximate surface area is 140 Å². The Balaban J connectivity index is 0.00000264. The van der Waals surface area contributed by atoms with E-state index in [2.05, 4.69) is 15.0 Å². The molecule has 23 heavy (non-hydrogen) atoms. The lowest BCUT2D eigenvalue weighted by atomic mass is 10.1. The fourth-order valence-electron chi connectivity index (χ4n) is 1.65. The van der Waals surface area contributed by atoms with Crippen molar-refractivity contribution in [1.82, 2.24) is 4.98 Å².